The van der Waals surface area contributed by atoms with Gasteiger partial charge < -0.3 is 10.1 Å². The second-order valence-electron chi connectivity index (χ2n) is 3.47. The van der Waals surface area contributed by atoms with Crippen molar-refractivity contribution in [3.8, 4) is 0 Å². The van der Waals surface area contributed by atoms with Crippen molar-refractivity contribution in [1.29, 1.82) is 0 Å². The Morgan fingerprint density at radius 1 is 1.20 bits per heavy atom. The zero-order valence-electron chi connectivity index (χ0n) is 6.36. The lowest BCUT2D eigenvalue weighted by molar-refractivity contribution is 0.0291. The molecule has 58 valence electrons. The van der Waals surface area contributed by atoms with Crippen LogP contribution in [0.25, 0.3) is 0 Å². The van der Waals surface area contributed by atoms with E-state index in [2.05, 4.69) is 5.32 Å². The number of hydrogen-bond donors (Lipinski definition) is 1. The Morgan fingerprint density at radius 2 is 2.10 bits per heavy atom. The van der Waals surface area contributed by atoms with Gasteiger partial charge in [0.15, 0.2) is 0 Å². The lowest BCUT2D eigenvalue weighted by atomic mass is 9.91. The van der Waals surface area contributed by atoms with Crippen LogP contribution >= 0.6 is 0 Å². The minimum atomic E-state index is 0.401. The van der Waals surface area contributed by atoms with Crippen LogP contribution in [0.4, 0.5) is 0 Å². The maximum absolute atomic E-state index is 5.44. The predicted molar refractivity (Wildman–Crippen MR) is 40.0 cm³/mol. The van der Waals surface area contributed by atoms with Crippen molar-refractivity contribution < 1.29 is 4.74 Å². The van der Waals surface area contributed by atoms with Crippen LogP contribution in [0.5, 0.6) is 0 Å². The first-order valence-corrected chi connectivity index (χ1v) is 4.24. The van der Waals surface area contributed by atoms with Crippen LogP contribution in [-0.4, -0.2) is 25.3 Å². The monoisotopic (exact) mass is 141 g/mol. The summed E-state index contributed by atoms with van der Waals surface area (Å²) in [6.07, 6.45) is 5.23. The summed E-state index contributed by atoms with van der Waals surface area (Å²) < 4.78 is 5.44. The van der Waals surface area contributed by atoms with E-state index in [0.29, 0.717) is 5.54 Å². The van der Waals surface area contributed by atoms with Crippen LogP contribution in [0.2, 0.25) is 0 Å². The lowest BCUT2D eigenvalue weighted by Crippen LogP contribution is -2.46. The zero-order chi connectivity index (χ0) is 6.86. The van der Waals surface area contributed by atoms with E-state index in [0.717, 1.165) is 13.2 Å². The molecule has 0 aromatic heterocycles. The van der Waals surface area contributed by atoms with Crippen LogP contribution in [-0.2, 0) is 4.74 Å². The molecule has 1 atom stereocenters. The molecule has 2 rings (SSSR count). The van der Waals surface area contributed by atoms with E-state index in [1.165, 1.54) is 32.2 Å². The second kappa shape index (κ2) is 2.51. The van der Waals surface area contributed by atoms with Gasteiger partial charge in [-0.2, -0.15) is 0 Å². The van der Waals surface area contributed by atoms with E-state index in [1.807, 2.05) is 0 Å². The summed E-state index contributed by atoms with van der Waals surface area (Å²) >= 11 is 0. The molecule has 0 aromatic carbocycles. The third-order valence-corrected chi connectivity index (χ3v) is 2.65. The Bertz CT molecular complexity index is 110. The fourth-order valence-corrected chi connectivity index (χ4v) is 2.06. The quantitative estimate of drug-likeness (QED) is 0.541. The number of nitrogens with one attached hydrogen (secondary N) is 1. The van der Waals surface area contributed by atoms with Gasteiger partial charge in [-0.1, -0.05) is 0 Å². The Balaban J connectivity index is 1.98. The molecule has 2 aliphatic rings. The van der Waals surface area contributed by atoms with E-state index < -0.39 is 0 Å². The van der Waals surface area contributed by atoms with Crippen LogP contribution in [0.1, 0.15) is 25.7 Å². The van der Waals surface area contributed by atoms with E-state index in [-0.39, 0.29) is 0 Å². The first-order valence-electron chi connectivity index (χ1n) is 4.24. The van der Waals surface area contributed by atoms with Gasteiger partial charge in [-0.05, 0) is 32.2 Å². The molecule has 2 heteroatoms. The average molecular weight is 141 g/mol. The molecular weight excluding hydrogens is 126 g/mol. The summed E-state index contributed by atoms with van der Waals surface area (Å²) in [6, 6.07) is 0. The van der Waals surface area contributed by atoms with E-state index >= 15 is 0 Å². The van der Waals surface area contributed by atoms with E-state index in [9.17, 15) is 0 Å². The molecule has 2 aliphatic heterocycles. The van der Waals surface area contributed by atoms with Crippen molar-refractivity contribution in [3.63, 3.8) is 0 Å². The van der Waals surface area contributed by atoms with Crippen molar-refractivity contribution in [3.05, 3.63) is 0 Å². The predicted octanol–water partition coefficient (Wildman–Crippen LogP) is 0.919. The molecule has 2 nitrogen and oxygen atoms in total. The molecule has 1 spiro atoms. The van der Waals surface area contributed by atoms with E-state index in [4.69, 9.17) is 4.74 Å². The molecule has 0 radical (unpaired) electrons. The van der Waals surface area contributed by atoms with Crippen molar-refractivity contribution >= 4 is 0 Å². The minimum Gasteiger partial charge on any atom is -0.380 e. The highest BCUT2D eigenvalue weighted by Crippen LogP contribution is 2.27. The minimum absolute atomic E-state index is 0.401. The molecule has 2 heterocycles. The normalized spacial score (nSPS) is 40.8. The summed E-state index contributed by atoms with van der Waals surface area (Å²) in [5, 5.41) is 3.55. The van der Waals surface area contributed by atoms with Crippen molar-refractivity contribution in [2.45, 2.75) is 31.2 Å². The van der Waals surface area contributed by atoms with Gasteiger partial charge in [0.2, 0.25) is 0 Å². The Hall–Kier alpha value is -0.0800. The van der Waals surface area contributed by atoms with Gasteiger partial charge in [0.1, 0.15) is 0 Å². The van der Waals surface area contributed by atoms with E-state index in [1.54, 1.807) is 0 Å². The number of hydrogen-bond acceptors (Lipinski definition) is 2. The highest BCUT2D eigenvalue weighted by Gasteiger charge is 2.34. The average Bonchev–Trinajstić information content (AvgIpc) is 2.39. The molecule has 0 amide bonds. The Kier molecular flexibility index (Phi) is 1.66. The lowest BCUT2D eigenvalue weighted by Gasteiger charge is -2.33. The van der Waals surface area contributed by atoms with Crippen LogP contribution in [0.15, 0.2) is 0 Å². The molecule has 0 aliphatic carbocycles. The maximum atomic E-state index is 5.44. The standard InChI is InChI=1S/C8H15NO/c1-3-8(9-5-1)4-2-6-10-7-8/h9H,1-7H2. The maximum Gasteiger partial charge on any atom is 0.0648 e. The smallest absolute Gasteiger partial charge is 0.0648 e. The third kappa shape index (κ3) is 1.06. The van der Waals surface area contributed by atoms with Gasteiger partial charge in [-0.3, -0.25) is 0 Å². The second-order valence-corrected chi connectivity index (χ2v) is 3.47. The Morgan fingerprint density at radius 3 is 2.70 bits per heavy atom. The first-order chi connectivity index (χ1) is 4.91. The third-order valence-electron chi connectivity index (χ3n) is 2.65. The van der Waals surface area contributed by atoms with Gasteiger partial charge in [0, 0.05) is 12.1 Å². The van der Waals surface area contributed by atoms with Crippen LogP contribution in [0.3, 0.4) is 0 Å². The molecule has 0 bridgehead atoms. The molecule has 1 unspecified atom stereocenters. The zero-order valence-corrected chi connectivity index (χ0v) is 6.36. The SMILES string of the molecule is C1CNC2(C1)CCCOC2. The fraction of sp³-hybridized carbons (Fsp3) is 1.00. The first kappa shape index (κ1) is 6.62. The molecule has 1 N–H and O–H groups in total. The van der Waals surface area contributed by atoms with Crippen LogP contribution < -0.4 is 5.32 Å². The summed E-state index contributed by atoms with van der Waals surface area (Å²) in [5.74, 6) is 0. The number of ether oxygens (including phenoxy) is 1. The molecule has 0 aromatic rings. The summed E-state index contributed by atoms with van der Waals surface area (Å²) in [6.45, 7) is 3.12. The highest BCUT2D eigenvalue weighted by atomic mass is 16.5. The largest absolute Gasteiger partial charge is 0.380 e. The Labute approximate surface area is 61.9 Å². The summed E-state index contributed by atoms with van der Waals surface area (Å²) in [5.41, 5.74) is 0.401. The molecule has 0 saturated carbocycles. The van der Waals surface area contributed by atoms with Crippen molar-refractivity contribution in [1.82, 2.24) is 5.32 Å². The highest BCUT2D eigenvalue weighted by molar-refractivity contribution is 4.94. The van der Waals surface area contributed by atoms with Crippen LogP contribution in [0, 0.1) is 0 Å². The number of rotatable bonds is 0. The van der Waals surface area contributed by atoms with Gasteiger partial charge in [0.05, 0.1) is 6.61 Å². The molecule has 2 fully saturated rings. The topological polar surface area (TPSA) is 21.3 Å². The van der Waals surface area contributed by atoms with Crippen molar-refractivity contribution in [2.75, 3.05) is 19.8 Å². The van der Waals surface area contributed by atoms with Crippen molar-refractivity contribution in [2.24, 2.45) is 0 Å². The molecule has 2 saturated heterocycles. The summed E-state index contributed by atoms with van der Waals surface area (Å²) in [7, 11) is 0. The fourth-order valence-electron chi connectivity index (χ4n) is 2.06. The van der Waals surface area contributed by atoms with Gasteiger partial charge in [-0.25, -0.2) is 0 Å². The van der Waals surface area contributed by atoms with Gasteiger partial charge >= 0.3 is 0 Å². The summed E-state index contributed by atoms with van der Waals surface area (Å²) in [4.78, 5) is 0. The molecule has 10 heavy (non-hydrogen) atoms. The van der Waals surface area contributed by atoms with Gasteiger partial charge in [0.25, 0.3) is 0 Å². The van der Waals surface area contributed by atoms with Gasteiger partial charge in [-0.15, -0.1) is 0 Å². The molecular formula is C8H15NO.